The van der Waals surface area contributed by atoms with E-state index in [-0.39, 0.29) is 16.7 Å². The maximum atomic E-state index is 12.9. The number of nitrogens with zero attached hydrogens (tertiary/aromatic N) is 1. The quantitative estimate of drug-likeness (QED) is 0.813. The molecule has 150 valence electrons. The highest BCUT2D eigenvalue weighted by atomic mass is 32.2. The van der Waals surface area contributed by atoms with Gasteiger partial charge in [-0.3, -0.25) is 4.79 Å². The van der Waals surface area contributed by atoms with Crippen molar-refractivity contribution >= 4 is 15.9 Å². The van der Waals surface area contributed by atoms with Gasteiger partial charge in [0, 0.05) is 25.1 Å². The summed E-state index contributed by atoms with van der Waals surface area (Å²) in [4.78, 5) is 12.5. The molecule has 1 N–H and O–H groups in total. The molecule has 1 amide bonds. The van der Waals surface area contributed by atoms with Gasteiger partial charge in [-0.2, -0.15) is 4.31 Å². The van der Waals surface area contributed by atoms with E-state index in [0.29, 0.717) is 62.9 Å². The van der Waals surface area contributed by atoms with E-state index in [1.165, 1.54) is 16.4 Å². The van der Waals surface area contributed by atoms with Crippen molar-refractivity contribution in [2.75, 3.05) is 26.3 Å². The highest BCUT2D eigenvalue weighted by Gasteiger charge is 2.32. The summed E-state index contributed by atoms with van der Waals surface area (Å²) in [5.41, 5.74) is 0. The van der Waals surface area contributed by atoms with Crippen LogP contribution in [0.25, 0.3) is 0 Å². The van der Waals surface area contributed by atoms with Crippen molar-refractivity contribution in [3.63, 3.8) is 0 Å². The second-order valence-corrected chi connectivity index (χ2v) is 8.72. The summed E-state index contributed by atoms with van der Waals surface area (Å²) in [5.74, 6) is 1.40. The molecule has 0 saturated carbocycles. The zero-order valence-corrected chi connectivity index (χ0v) is 16.1. The van der Waals surface area contributed by atoms with Crippen molar-refractivity contribution in [3.8, 4) is 11.5 Å². The van der Waals surface area contributed by atoms with Gasteiger partial charge in [0.25, 0.3) is 0 Å². The monoisotopic (exact) mass is 406 g/mol. The van der Waals surface area contributed by atoms with Crippen molar-refractivity contribution in [2.24, 2.45) is 5.92 Å². The van der Waals surface area contributed by atoms with E-state index in [9.17, 15) is 13.2 Å². The molecule has 3 heterocycles. The number of hydrogen-bond donors (Lipinski definition) is 1. The van der Waals surface area contributed by atoms with E-state index >= 15 is 0 Å². The number of hydrogen-bond acceptors (Lipinski definition) is 6. The standard InChI is InChI=1S/C19H22N2O6S/c22-19(20-13-15-2-1-9-25-15)14-5-7-21(8-6-14)28(23,24)16-3-4-17-18(12-16)27-11-10-26-17/h1-4,9,12,14H,5-8,10-11,13H2,(H,20,22). The number of sulfonamides is 1. The Morgan fingerprint density at radius 3 is 2.57 bits per heavy atom. The van der Waals surface area contributed by atoms with Gasteiger partial charge in [-0.1, -0.05) is 0 Å². The molecule has 2 aliphatic heterocycles. The van der Waals surface area contributed by atoms with Gasteiger partial charge in [0.15, 0.2) is 11.5 Å². The van der Waals surface area contributed by atoms with Crippen molar-refractivity contribution < 1.29 is 27.1 Å². The van der Waals surface area contributed by atoms with Gasteiger partial charge in [0.05, 0.1) is 17.7 Å². The molecule has 2 aliphatic rings. The number of benzene rings is 1. The van der Waals surface area contributed by atoms with Gasteiger partial charge >= 0.3 is 0 Å². The van der Waals surface area contributed by atoms with Crippen molar-refractivity contribution in [2.45, 2.75) is 24.3 Å². The van der Waals surface area contributed by atoms with Crippen molar-refractivity contribution in [1.29, 1.82) is 0 Å². The van der Waals surface area contributed by atoms with E-state index in [2.05, 4.69) is 5.32 Å². The first-order valence-corrected chi connectivity index (χ1v) is 10.7. The fourth-order valence-corrected chi connectivity index (χ4v) is 4.91. The number of furan rings is 1. The number of amides is 1. The first-order chi connectivity index (χ1) is 13.5. The Morgan fingerprint density at radius 1 is 1.11 bits per heavy atom. The summed E-state index contributed by atoms with van der Waals surface area (Å²) >= 11 is 0. The number of piperidine rings is 1. The summed E-state index contributed by atoms with van der Waals surface area (Å²) in [6.07, 6.45) is 2.52. The number of rotatable bonds is 5. The average molecular weight is 406 g/mol. The van der Waals surface area contributed by atoms with E-state index in [4.69, 9.17) is 13.9 Å². The van der Waals surface area contributed by atoms with E-state index in [1.54, 1.807) is 24.5 Å². The van der Waals surface area contributed by atoms with Gasteiger partial charge in [-0.25, -0.2) is 8.42 Å². The Balaban J connectivity index is 1.36. The van der Waals surface area contributed by atoms with E-state index < -0.39 is 10.0 Å². The molecule has 9 heteroatoms. The molecule has 0 spiro atoms. The maximum absolute atomic E-state index is 12.9. The third-order valence-electron chi connectivity index (χ3n) is 4.99. The number of ether oxygens (including phenoxy) is 2. The molecular weight excluding hydrogens is 384 g/mol. The lowest BCUT2D eigenvalue weighted by atomic mass is 9.97. The second-order valence-electron chi connectivity index (χ2n) is 6.78. The molecule has 0 atom stereocenters. The molecular formula is C19H22N2O6S. The first kappa shape index (κ1) is 18.8. The molecule has 0 aliphatic carbocycles. The van der Waals surface area contributed by atoms with Gasteiger partial charge in [-0.15, -0.1) is 0 Å². The van der Waals surface area contributed by atoms with Crippen LogP contribution in [0.1, 0.15) is 18.6 Å². The normalized spacial score (nSPS) is 18.0. The SMILES string of the molecule is O=C(NCc1ccco1)C1CCN(S(=O)(=O)c2ccc3c(c2)OCCO3)CC1. The molecule has 1 aromatic heterocycles. The topological polar surface area (TPSA) is 98.1 Å². The molecule has 2 aromatic rings. The molecule has 0 unspecified atom stereocenters. The molecule has 1 saturated heterocycles. The Bertz CT molecular complexity index is 933. The molecule has 4 rings (SSSR count). The summed E-state index contributed by atoms with van der Waals surface area (Å²) in [6.45, 7) is 1.79. The molecule has 0 radical (unpaired) electrons. The van der Waals surface area contributed by atoms with E-state index in [0.717, 1.165) is 0 Å². The lowest BCUT2D eigenvalue weighted by molar-refractivity contribution is -0.126. The second kappa shape index (κ2) is 7.84. The van der Waals surface area contributed by atoms with Crippen LogP contribution in [0.4, 0.5) is 0 Å². The smallest absolute Gasteiger partial charge is 0.243 e. The predicted molar refractivity (Wildman–Crippen MR) is 99.5 cm³/mol. The zero-order chi connectivity index (χ0) is 19.6. The largest absolute Gasteiger partial charge is 0.486 e. The van der Waals surface area contributed by atoms with Gasteiger partial charge in [0.2, 0.25) is 15.9 Å². The van der Waals surface area contributed by atoms with Gasteiger partial charge in [-0.05, 0) is 37.1 Å². The minimum absolute atomic E-state index is 0.0761. The van der Waals surface area contributed by atoms with Crippen LogP contribution in [0.15, 0.2) is 45.9 Å². The van der Waals surface area contributed by atoms with Gasteiger partial charge < -0.3 is 19.2 Å². The number of carbonyl (C=O) groups is 1. The minimum Gasteiger partial charge on any atom is -0.486 e. The Labute approximate surface area is 163 Å². The number of fused-ring (bicyclic) bond motifs is 1. The lowest BCUT2D eigenvalue weighted by Crippen LogP contribution is -2.42. The Morgan fingerprint density at radius 2 is 1.86 bits per heavy atom. The fourth-order valence-electron chi connectivity index (χ4n) is 3.42. The van der Waals surface area contributed by atoms with Crippen molar-refractivity contribution in [3.05, 3.63) is 42.4 Å². The van der Waals surface area contributed by atoms with Crippen LogP contribution >= 0.6 is 0 Å². The summed E-state index contributed by atoms with van der Waals surface area (Å²) < 4.78 is 43.4. The van der Waals surface area contributed by atoms with Crippen LogP contribution in [0.2, 0.25) is 0 Å². The third kappa shape index (κ3) is 3.85. The molecule has 8 nitrogen and oxygen atoms in total. The zero-order valence-electron chi connectivity index (χ0n) is 15.3. The Hall–Kier alpha value is -2.52. The predicted octanol–water partition coefficient (Wildman–Crippen LogP) is 1.77. The molecule has 28 heavy (non-hydrogen) atoms. The molecule has 1 aromatic carbocycles. The number of carbonyl (C=O) groups excluding carboxylic acids is 1. The minimum atomic E-state index is -3.64. The highest BCUT2D eigenvalue weighted by molar-refractivity contribution is 7.89. The van der Waals surface area contributed by atoms with Crippen LogP contribution in [-0.2, 0) is 21.4 Å². The Kier molecular flexibility index (Phi) is 5.27. The fraction of sp³-hybridized carbons (Fsp3) is 0.421. The number of nitrogens with one attached hydrogen (secondary N) is 1. The molecule has 1 fully saturated rings. The van der Waals surface area contributed by atoms with Crippen LogP contribution in [-0.4, -0.2) is 44.9 Å². The lowest BCUT2D eigenvalue weighted by Gasteiger charge is -2.30. The summed E-state index contributed by atoms with van der Waals surface area (Å²) in [5, 5.41) is 2.84. The van der Waals surface area contributed by atoms with Gasteiger partial charge in [0.1, 0.15) is 19.0 Å². The summed E-state index contributed by atoms with van der Waals surface area (Å²) in [6, 6.07) is 8.22. The van der Waals surface area contributed by atoms with E-state index in [1.807, 2.05) is 0 Å². The highest BCUT2D eigenvalue weighted by Crippen LogP contribution is 2.34. The van der Waals surface area contributed by atoms with Crippen LogP contribution < -0.4 is 14.8 Å². The van der Waals surface area contributed by atoms with Crippen LogP contribution in [0.3, 0.4) is 0 Å². The molecule has 0 bridgehead atoms. The summed E-state index contributed by atoms with van der Waals surface area (Å²) in [7, 11) is -3.64. The van der Waals surface area contributed by atoms with Crippen molar-refractivity contribution in [1.82, 2.24) is 9.62 Å². The average Bonchev–Trinajstić information content (AvgIpc) is 3.25. The van der Waals surface area contributed by atoms with Crippen LogP contribution in [0.5, 0.6) is 11.5 Å². The third-order valence-corrected chi connectivity index (χ3v) is 6.89. The van der Waals surface area contributed by atoms with Crippen LogP contribution in [0, 0.1) is 5.92 Å². The first-order valence-electron chi connectivity index (χ1n) is 9.24. The maximum Gasteiger partial charge on any atom is 0.243 e.